The zero-order valence-corrected chi connectivity index (χ0v) is 6.71. The van der Waals surface area contributed by atoms with Crippen molar-refractivity contribution in [1.82, 2.24) is 0 Å². The molecule has 0 unspecified atom stereocenters. The molecule has 0 fully saturated rings. The molecule has 0 heterocycles. The van der Waals surface area contributed by atoms with Gasteiger partial charge in [-0.3, -0.25) is 0 Å². The predicted octanol–water partition coefficient (Wildman–Crippen LogP) is 1.33. The Morgan fingerprint density at radius 3 is 1.90 bits per heavy atom. The van der Waals surface area contributed by atoms with Gasteiger partial charge >= 0.3 is 0 Å². The smallest absolute Gasteiger partial charge is 0.0662 e. The summed E-state index contributed by atoms with van der Waals surface area (Å²) in [6, 6.07) is 0. The van der Waals surface area contributed by atoms with E-state index in [2.05, 4.69) is 13.5 Å². The van der Waals surface area contributed by atoms with E-state index >= 15 is 0 Å². The van der Waals surface area contributed by atoms with Crippen LogP contribution in [0.1, 0.15) is 26.2 Å². The number of unbranched alkanes of at least 4 members (excludes halogenated alkanes) is 2. The number of aliphatic hydroxyl groups excluding tert-OH is 2. The first-order valence-electron chi connectivity index (χ1n) is 3.66. The maximum Gasteiger partial charge on any atom is 0.0662 e. The maximum atomic E-state index is 7.62. The monoisotopic (exact) mass is 146 g/mol. The summed E-state index contributed by atoms with van der Waals surface area (Å²) in [6.45, 7) is 5.53. The Bertz CT molecular complexity index is 51.2. The van der Waals surface area contributed by atoms with E-state index in [1.54, 1.807) is 0 Å². The molecule has 0 bridgehead atoms. The Kier molecular flexibility index (Phi) is 19.6. The fraction of sp³-hybridized carbons (Fsp3) is 0.750. The van der Waals surface area contributed by atoms with E-state index < -0.39 is 0 Å². The first kappa shape index (κ1) is 12.3. The Morgan fingerprint density at radius 2 is 1.80 bits per heavy atom. The lowest BCUT2D eigenvalue weighted by molar-refractivity contribution is 0.186. The second-order valence-corrected chi connectivity index (χ2v) is 1.88. The lowest BCUT2D eigenvalue weighted by Gasteiger charge is -1.81. The summed E-state index contributed by atoms with van der Waals surface area (Å²) in [7, 11) is 0. The molecule has 0 aromatic carbocycles. The number of rotatable bonds is 4. The molecular weight excluding hydrogens is 128 g/mol. The standard InChI is InChI=1S/C6H12.C2H6O2/c1-3-5-6-4-2;3-1-2-4/h3H,1,4-6H2,2H3;3-4H,1-2H2. The van der Waals surface area contributed by atoms with Gasteiger partial charge in [-0.1, -0.05) is 25.8 Å². The van der Waals surface area contributed by atoms with Gasteiger partial charge in [-0.2, -0.15) is 0 Å². The van der Waals surface area contributed by atoms with Gasteiger partial charge in [0.15, 0.2) is 0 Å². The second-order valence-electron chi connectivity index (χ2n) is 1.88. The average Bonchev–Trinajstić information content (AvgIpc) is 2.01. The van der Waals surface area contributed by atoms with Crippen molar-refractivity contribution >= 4 is 0 Å². The lowest BCUT2D eigenvalue weighted by Crippen LogP contribution is -1.85. The average molecular weight is 146 g/mol. The van der Waals surface area contributed by atoms with Gasteiger partial charge in [0.1, 0.15) is 0 Å². The number of hydrogen-bond acceptors (Lipinski definition) is 2. The van der Waals surface area contributed by atoms with Crippen molar-refractivity contribution in [2.24, 2.45) is 0 Å². The van der Waals surface area contributed by atoms with Crippen LogP contribution in [0.4, 0.5) is 0 Å². The summed E-state index contributed by atoms with van der Waals surface area (Å²) in [6.07, 6.45) is 5.72. The van der Waals surface area contributed by atoms with Crippen LogP contribution in [0.2, 0.25) is 0 Å². The van der Waals surface area contributed by atoms with Gasteiger partial charge in [0.2, 0.25) is 0 Å². The predicted molar refractivity (Wildman–Crippen MR) is 43.9 cm³/mol. The molecule has 2 nitrogen and oxygen atoms in total. The van der Waals surface area contributed by atoms with Gasteiger partial charge in [-0.05, 0) is 6.42 Å². The van der Waals surface area contributed by atoms with E-state index in [0.29, 0.717) is 0 Å². The van der Waals surface area contributed by atoms with Crippen molar-refractivity contribution in [3.05, 3.63) is 12.7 Å². The summed E-state index contributed by atoms with van der Waals surface area (Å²) < 4.78 is 0. The van der Waals surface area contributed by atoms with Gasteiger partial charge in [-0.25, -0.2) is 0 Å². The summed E-state index contributed by atoms with van der Waals surface area (Å²) >= 11 is 0. The molecule has 2 N–H and O–H groups in total. The fourth-order valence-corrected chi connectivity index (χ4v) is 0.348. The van der Waals surface area contributed by atoms with Crippen molar-refractivity contribution in [3.8, 4) is 0 Å². The molecule has 0 radical (unpaired) electrons. The third kappa shape index (κ3) is 25.4. The summed E-state index contributed by atoms with van der Waals surface area (Å²) in [4.78, 5) is 0. The van der Waals surface area contributed by atoms with E-state index in [4.69, 9.17) is 10.2 Å². The molecule has 0 spiro atoms. The normalized spacial score (nSPS) is 7.90. The molecule has 0 atom stereocenters. The molecule has 62 valence electrons. The minimum atomic E-state index is -0.125. The highest BCUT2D eigenvalue weighted by atomic mass is 16.3. The van der Waals surface area contributed by atoms with Crippen molar-refractivity contribution in [3.63, 3.8) is 0 Å². The van der Waals surface area contributed by atoms with Crippen LogP contribution in [-0.2, 0) is 0 Å². The highest BCUT2D eigenvalue weighted by Gasteiger charge is 1.71. The molecule has 0 aromatic heterocycles. The molecule has 0 aliphatic heterocycles. The number of hydrogen-bond donors (Lipinski definition) is 2. The largest absolute Gasteiger partial charge is 0.394 e. The van der Waals surface area contributed by atoms with Crippen LogP contribution in [0.25, 0.3) is 0 Å². The molecule has 0 rings (SSSR count). The highest BCUT2D eigenvalue weighted by Crippen LogP contribution is 1.91. The van der Waals surface area contributed by atoms with E-state index in [0.717, 1.165) is 0 Å². The summed E-state index contributed by atoms with van der Waals surface area (Å²) in [5.74, 6) is 0. The highest BCUT2D eigenvalue weighted by molar-refractivity contribution is 4.64. The Balaban J connectivity index is 0. The molecule has 10 heavy (non-hydrogen) atoms. The molecule has 0 saturated carbocycles. The summed E-state index contributed by atoms with van der Waals surface area (Å²) in [5, 5.41) is 15.2. The quantitative estimate of drug-likeness (QED) is 0.464. The molecular formula is C8H18O2. The summed E-state index contributed by atoms with van der Waals surface area (Å²) in [5.41, 5.74) is 0. The maximum absolute atomic E-state index is 7.62. The van der Waals surface area contributed by atoms with E-state index in [9.17, 15) is 0 Å². The third-order valence-electron chi connectivity index (χ3n) is 0.862. The van der Waals surface area contributed by atoms with E-state index in [1.807, 2.05) is 6.08 Å². The third-order valence-corrected chi connectivity index (χ3v) is 0.862. The lowest BCUT2D eigenvalue weighted by atomic mass is 10.3. The van der Waals surface area contributed by atoms with Gasteiger partial charge < -0.3 is 10.2 Å². The van der Waals surface area contributed by atoms with Crippen LogP contribution in [0.3, 0.4) is 0 Å². The van der Waals surface area contributed by atoms with Crippen LogP contribution in [-0.4, -0.2) is 23.4 Å². The zero-order chi connectivity index (χ0) is 8.24. The SMILES string of the molecule is C=CCCCC.OCCO. The molecule has 0 aromatic rings. The van der Waals surface area contributed by atoms with E-state index in [1.165, 1.54) is 19.3 Å². The molecule has 0 aliphatic carbocycles. The second kappa shape index (κ2) is 15.9. The molecule has 2 heteroatoms. The topological polar surface area (TPSA) is 40.5 Å². The number of aliphatic hydroxyl groups is 2. The van der Waals surface area contributed by atoms with Crippen molar-refractivity contribution < 1.29 is 10.2 Å². The fourth-order valence-electron chi connectivity index (χ4n) is 0.348. The van der Waals surface area contributed by atoms with Crippen LogP contribution >= 0.6 is 0 Å². The van der Waals surface area contributed by atoms with Crippen LogP contribution in [0.15, 0.2) is 12.7 Å². The van der Waals surface area contributed by atoms with Crippen LogP contribution in [0, 0.1) is 0 Å². The van der Waals surface area contributed by atoms with Crippen molar-refractivity contribution in [1.29, 1.82) is 0 Å². The van der Waals surface area contributed by atoms with E-state index in [-0.39, 0.29) is 13.2 Å². The first-order chi connectivity index (χ1) is 4.83. The molecule has 0 saturated heterocycles. The zero-order valence-electron chi connectivity index (χ0n) is 6.71. The minimum absolute atomic E-state index is 0.125. The Hall–Kier alpha value is -0.340. The van der Waals surface area contributed by atoms with Gasteiger partial charge in [-0.15, -0.1) is 6.58 Å². The van der Waals surface area contributed by atoms with Crippen molar-refractivity contribution in [2.45, 2.75) is 26.2 Å². The first-order valence-corrected chi connectivity index (χ1v) is 3.66. The Labute approximate surface area is 63.2 Å². The van der Waals surface area contributed by atoms with Gasteiger partial charge in [0, 0.05) is 0 Å². The molecule has 0 amide bonds. The Morgan fingerprint density at radius 1 is 1.30 bits per heavy atom. The minimum Gasteiger partial charge on any atom is -0.394 e. The number of allylic oxidation sites excluding steroid dienone is 1. The van der Waals surface area contributed by atoms with Crippen molar-refractivity contribution in [2.75, 3.05) is 13.2 Å². The van der Waals surface area contributed by atoms with Gasteiger partial charge in [0.25, 0.3) is 0 Å². The van der Waals surface area contributed by atoms with Crippen LogP contribution < -0.4 is 0 Å². The van der Waals surface area contributed by atoms with Gasteiger partial charge in [0.05, 0.1) is 13.2 Å². The van der Waals surface area contributed by atoms with Crippen LogP contribution in [0.5, 0.6) is 0 Å². The molecule has 0 aliphatic rings.